The fourth-order valence-corrected chi connectivity index (χ4v) is 3.86. The van der Waals surface area contributed by atoms with Crippen LogP contribution in [0.15, 0.2) is 47.4 Å². The van der Waals surface area contributed by atoms with E-state index in [4.69, 9.17) is 11.3 Å². The minimum Gasteiger partial charge on any atom is -0.496 e. The Hall–Kier alpha value is -3.29. The first-order valence-electron chi connectivity index (χ1n) is 7.31. The van der Waals surface area contributed by atoms with Crippen molar-refractivity contribution in [3.05, 3.63) is 65.0 Å². The van der Waals surface area contributed by atoms with Gasteiger partial charge in [-0.3, -0.25) is 4.72 Å². The van der Waals surface area contributed by atoms with E-state index in [0.29, 0.717) is 34.6 Å². The Labute approximate surface area is 145 Å². The van der Waals surface area contributed by atoms with Crippen LogP contribution in [0.25, 0.3) is 10.4 Å². The van der Waals surface area contributed by atoms with Crippen LogP contribution in [0.4, 0.5) is 11.4 Å². The summed E-state index contributed by atoms with van der Waals surface area (Å²) < 4.78 is 33.1. The van der Waals surface area contributed by atoms with Gasteiger partial charge in [0, 0.05) is 5.56 Å². The Morgan fingerprint density at radius 1 is 1.32 bits per heavy atom. The molecule has 0 radical (unpaired) electrons. The van der Waals surface area contributed by atoms with Crippen LogP contribution < -0.4 is 9.46 Å². The van der Waals surface area contributed by atoms with Gasteiger partial charge in [0.25, 0.3) is 10.0 Å². The third-order valence-corrected chi connectivity index (χ3v) is 5.26. The number of nitrogens with zero attached hydrogens (tertiary/aromatic N) is 2. The molecule has 1 aliphatic carbocycles. The summed E-state index contributed by atoms with van der Waals surface area (Å²) in [6.45, 7) is 7.01. The average molecular weight is 351 g/mol. The number of nitrogens with one attached hydrogen (secondary N) is 1. The van der Waals surface area contributed by atoms with E-state index in [1.165, 1.54) is 25.3 Å². The van der Waals surface area contributed by atoms with E-state index in [0.717, 1.165) is 0 Å². The summed E-state index contributed by atoms with van der Waals surface area (Å²) in [6.07, 6.45) is 2.18. The lowest BCUT2D eigenvalue weighted by atomic mass is 10.0. The predicted octanol–water partition coefficient (Wildman–Crippen LogP) is 3.51. The Kier molecular flexibility index (Phi) is 4.18. The normalized spacial score (nSPS) is 12.5. The zero-order valence-electron chi connectivity index (χ0n) is 13.3. The maximum absolute atomic E-state index is 12.6. The molecule has 2 aromatic carbocycles. The standard InChI is InChI=1S/C18H13N3O3S/c1-20-13-4-3-5-14(10-13)25(22,23)21-16-8-9-17(24-2)18-12(11-19)6-7-15(16)18/h3-6,8-10,21H,7H2,2H3. The van der Waals surface area contributed by atoms with E-state index < -0.39 is 10.0 Å². The molecule has 0 unspecified atom stereocenters. The molecule has 0 saturated heterocycles. The molecule has 0 aliphatic heterocycles. The number of hydrogen-bond donors (Lipinski definition) is 1. The van der Waals surface area contributed by atoms with Crippen LogP contribution in [0.3, 0.4) is 0 Å². The van der Waals surface area contributed by atoms with Crippen LogP contribution in [0.5, 0.6) is 5.75 Å². The number of ether oxygens (including phenoxy) is 1. The number of allylic oxidation sites excluding steroid dienone is 2. The van der Waals surface area contributed by atoms with Crippen LogP contribution >= 0.6 is 0 Å². The topological polar surface area (TPSA) is 83.6 Å². The lowest BCUT2D eigenvalue weighted by Gasteiger charge is -2.15. The van der Waals surface area contributed by atoms with Crippen molar-refractivity contribution in [3.8, 4) is 11.8 Å². The van der Waals surface area contributed by atoms with E-state index in [9.17, 15) is 13.7 Å². The molecule has 2 aromatic rings. The molecule has 0 saturated carbocycles. The molecule has 6 nitrogen and oxygen atoms in total. The van der Waals surface area contributed by atoms with Gasteiger partial charge in [-0.05, 0) is 36.2 Å². The van der Waals surface area contributed by atoms with Crippen LogP contribution in [-0.2, 0) is 16.4 Å². The molecule has 7 heteroatoms. The molecule has 25 heavy (non-hydrogen) atoms. The number of anilines is 1. The zero-order chi connectivity index (χ0) is 18.0. The van der Waals surface area contributed by atoms with Crippen molar-refractivity contribution in [1.82, 2.24) is 0 Å². The summed E-state index contributed by atoms with van der Waals surface area (Å²) in [5, 5.41) is 9.25. The first kappa shape index (κ1) is 16.6. The molecule has 3 rings (SSSR count). The summed E-state index contributed by atoms with van der Waals surface area (Å²) in [5.41, 5.74) is 2.41. The second kappa shape index (κ2) is 6.31. The largest absolute Gasteiger partial charge is 0.496 e. The Bertz CT molecular complexity index is 1070. The first-order valence-corrected chi connectivity index (χ1v) is 8.79. The van der Waals surface area contributed by atoms with Crippen LogP contribution in [0, 0.1) is 17.9 Å². The summed E-state index contributed by atoms with van der Waals surface area (Å²) >= 11 is 0. The highest BCUT2D eigenvalue weighted by Crippen LogP contribution is 2.39. The molecule has 0 aromatic heterocycles. The van der Waals surface area contributed by atoms with Crippen molar-refractivity contribution in [2.45, 2.75) is 11.3 Å². The number of rotatable bonds is 4. The average Bonchev–Trinajstić information content (AvgIpc) is 3.06. The minimum atomic E-state index is -3.85. The van der Waals surface area contributed by atoms with Gasteiger partial charge in [0.05, 0.1) is 35.9 Å². The number of sulfonamides is 1. The van der Waals surface area contributed by atoms with Crippen molar-refractivity contribution in [2.24, 2.45) is 0 Å². The molecule has 0 amide bonds. The van der Waals surface area contributed by atoms with Gasteiger partial charge in [-0.25, -0.2) is 13.3 Å². The van der Waals surface area contributed by atoms with Gasteiger partial charge in [0.1, 0.15) is 5.75 Å². The lowest BCUT2D eigenvalue weighted by Crippen LogP contribution is -2.14. The summed E-state index contributed by atoms with van der Waals surface area (Å²) in [5.74, 6) is 0.526. The Morgan fingerprint density at radius 2 is 2.12 bits per heavy atom. The van der Waals surface area contributed by atoms with Crippen LogP contribution in [0.2, 0.25) is 0 Å². The van der Waals surface area contributed by atoms with Gasteiger partial charge in [-0.15, -0.1) is 0 Å². The Balaban J connectivity index is 2.04. The SMILES string of the molecule is [C-]#[N+]c1cccc(S(=O)(=O)Nc2ccc(OC)c3c2CC=C3C#N)c1. The molecule has 1 aliphatic rings. The number of hydrogen-bond acceptors (Lipinski definition) is 4. The van der Waals surface area contributed by atoms with E-state index in [1.807, 2.05) is 0 Å². The van der Waals surface area contributed by atoms with Gasteiger partial charge in [0.15, 0.2) is 5.69 Å². The Morgan fingerprint density at radius 3 is 2.80 bits per heavy atom. The maximum atomic E-state index is 12.6. The number of methoxy groups -OCH3 is 1. The first-order chi connectivity index (χ1) is 12.0. The van der Waals surface area contributed by atoms with Crippen molar-refractivity contribution < 1.29 is 13.2 Å². The third kappa shape index (κ3) is 2.93. The lowest BCUT2D eigenvalue weighted by molar-refractivity contribution is 0.413. The molecule has 1 N–H and O–H groups in total. The third-order valence-electron chi connectivity index (χ3n) is 3.90. The summed E-state index contributed by atoms with van der Waals surface area (Å²) in [4.78, 5) is 3.26. The quantitative estimate of drug-likeness (QED) is 0.855. The van der Waals surface area contributed by atoms with Crippen molar-refractivity contribution in [2.75, 3.05) is 11.8 Å². The highest BCUT2D eigenvalue weighted by atomic mass is 32.2. The molecular weight excluding hydrogens is 338 g/mol. The second-order valence-corrected chi connectivity index (χ2v) is 7.00. The summed E-state index contributed by atoms with van der Waals surface area (Å²) in [7, 11) is -2.35. The van der Waals surface area contributed by atoms with E-state index >= 15 is 0 Å². The molecular formula is C18H13N3O3S. The van der Waals surface area contributed by atoms with Crippen molar-refractivity contribution in [3.63, 3.8) is 0 Å². The van der Waals surface area contributed by atoms with Gasteiger partial charge in [-0.2, -0.15) is 5.26 Å². The summed E-state index contributed by atoms with van der Waals surface area (Å²) in [6, 6.07) is 11.2. The second-order valence-electron chi connectivity index (χ2n) is 5.32. The highest BCUT2D eigenvalue weighted by Gasteiger charge is 2.24. The van der Waals surface area contributed by atoms with E-state index in [2.05, 4.69) is 15.6 Å². The zero-order valence-corrected chi connectivity index (χ0v) is 14.1. The molecule has 0 bridgehead atoms. The van der Waals surface area contributed by atoms with E-state index in [1.54, 1.807) is 24.3 Å². The monoisotopic (exact) mass is 351 g/mol. The fraction of sp³-hybridized carbons (Fsp3) is 0.111. The fourth-order valence-electron chi connectivity index (χ4n) is 2.73. The van der Waals surface area contributed by atoms with Gasteiger partial charge in [0.2, 0.25) is 0 Å². The van der Waals surface area contributed by atoms with Crippen molar-refractivity contribution in [1.29, 1.82) is 5.26 Å². The van der Waals surface area contributed by atoms with Gasteiger partial charge < -0.3 is 4.74 Å². The van der Waals surface area contributed by atoms with Gasteiger partial charge >= 0.3 is 0 Å². The van der Waals surface area contributed by atoms with Crippen molar-refractivity contribution >= 4 is 27.0 Å². The van der Waals surface area contributed by atoms with Crippen LogP contribution in [-0.4, -0.2) is 15.5 Å². The smallest absolute Gasteiger partial charge is 0.260 e. The highest BCUT2D eigenvalue weighted by molar-refractivity contribution is 7.92. The molecule has 0 heterocycles. The molecule has 124 valence electrons. The minimum absolute atomic E-state index is 0.0111. The molecule has 0 fully saturated rings. The maximum Gasteiger partial charge on any atom is 0.260 e. The molecule has 0 spiro atoms. The number of nitriles is 1. The van der Waals surface area contributed by atoms with Gasteiger partial charge in [-0.1, -0.05) is 18.2 Å². The molecule has 0 atom stereocenters. The predicted molar refractivity (Wildman–Crippen MR) is 93.8 cm³/mol. The number of fused-ring (bicyclic) bond motifs is 1. The van der Waals surface area contributed by atoms with E-state index in [-0.39, 0.29) is 10.6 Å². The number of benzene rings is 2. The van der Waals surface area contributed by atoms with Crippen LogP contribution in [0.1, 0.15) is 11.1 Å².